The maximum atomic E-state index is 5.74. The molecule has 2 N–H and O–H groups in total. The Labute approximate surface area is 92.3 Å². The average Bonchev–Trinajstić information content (AvgIpc) is 2.16. The van der Waals surface area contributed by atoms with Crippen LogP contribution in [0.4, 0.5) is 0 Å². The SMILES string of the molecule is COc1cc(C(N)Br)c(OC)cc1C. The standard InChI is InChI=1S/C10H14BrNO2/c1-6-4-9(14-3)7(10(11)12)5-8(6)13-2/h4-5,10H,12H2,1-3H3. The highest BCUT2D eigenvalue weighted by atomic mass is 79.9. The summed E-state index contributed by atoms with van der Waals surface area (Å²) in [5.74, 6) is 1.59. The van der Waals surface area contributed by atoms with Gasteiger partial charge >= 0.3 is 0 Å². The third-order valence-electron chi connectivity index (χ3n) is 2.04. The summed E-state index contributed by atoms with van der Waals surface area (Å²) in [6.45, 7) is 1.96. The van der Waals surface area contributed by atoms with Crippen LogP contribution >= 0.6 is 15.9 Å². The first-order chi connectivity index (χ1) is 6.60. The Morgan fingerprint density at radius 3 is 2.21 bits per heavy atom. The quantitative estimate of drug-likeness (QED) is 0.670. The fraction of sp³-hybridized carbons (Fsp3) is 0.400. The van der Waals surface area contributed by atoms with Crippen molar-refractivity contribution in [1.29, 1.82) is 0 Å². The van der Waals surface area contributed by atoms with Gasteiger partial charge < -0.3 is 15.2 Å². The van der Waals surface area contributed by atoms with Crippen LogP contribution in [0.15, 0.2) is 12.1 Å². The second kappa shape index (κ2) is 4.66. The third kappa shape index (κ3) is 2.19. The highest BCUT2D eigenvalue weighted by molar-refractivity contribution is 9.09. The minimum Gasteiger partial charge on any atom is -0.496 e. The molecule has 1 unspecified atom stereocenters. The molecule has 0 aliphatic carbocycles. The van der Waals surface area contributed by atoms with E-state index >= 15 is 0 Å². The van der Waals surface area contributed by atoms with Gasteiger partial charge in [0.1, 0.15) is 11.5 Å². The van der Waals surface area contributed by atoms with Crippen molar-refractivity contribution >= 4 is 15.9 Å². The van der Waals surface area contributed by atoms with E-state index in [0.29, 0.717) is 0 Å². The smallest absolute Gasteiger partial charge is 0.125 e. The van der Waals surface area contributed by atoms with Gasteiger partial charge in [0.15, 0.2) is 0 Å². The van der Waals surface area contributed by atoms with Gasteiger partial charge in [-0.05, 0) is 24.6 Å². The molecule has 0 radical (unpaired) electrons. The van der Waals surface area contributed by atoms with Crippen LogP contribution in [0.3, 0.4) is 0 Å². The molecule has 0 heterocycles. The van der Waals surface area contributed by atoms with E-state index < -0.39 is 0 Å². The van der Waals surface area contributed by atoms with Crippen molar-refractivity contribution in [3.05, 3.63) is 23.3 Å². The number of halogens is 1. The van der Waals surface area contributed by atoms with Crippen molar-refractivity contribution < 1.29 is 9.47 Å². The molecule has 78 valence electrons. The van der Waals surface area contributed by atoms with Gasteiger partial charge in [0.05, 0.1) is 19.2 Å². The molecule has 1 rings (SSSR count). The van der Waals surface area contributed by atoms with Gasteiger partial charge in [-0.1, -0.05) is 15.9 Å². The summed E-state index contributed by atoms with van der Waals surface area (Å²) in [7, 11) is 3.26. The number of hydrogen-bond donors (Lipinski definition) is 1. The maximum Gasteiger partial charge on any atom is 0.125 e. The fourth-order valence-corrected chi connectivity index (χ4v) is 1.65. The maximum absolute atomic E-state index is 5.74. The molecule has 14 heavy (non-hydrogen) atoms. The highest BCUT2D eigenvalue weighted by Gasteiger charge is 2.12. The van der Waals surface area contributed by atoms with E-state index in [1.165, 1.54) is 0 Å². The summed E-state index contributed by atoms with van der Waals surface area (Å²) in [5, 5.41) is 0. The molecule has 0 amide bonds. The number of rotatable bonds is 3. The number of alkyl halides is 1. The van der Waals surface area contributed by atoms with Crippen LogP contribution in [0.2, 0.25) is 0 Å². The molecule has 0 fully saturated rings. The predicted octanol–water partition coefficient (Wildman–Crippen LogP) is 2.36. The number of nitrogens with two attached hydrogens (primary N) is 1. The van der Waals surface area contributed by atoms with Crippen molar-refractivity contribution in [3.8, 4) is 11.5 Å². The van der Waals surface area contributed by atoms with Gasteiger partial charge in [0.2, 0.25) is 0 Å². The lowest BCUT2D eigenvalue weighted by Gasteiger charge is -2.14. The van der Waals surface area contributed by atoms with E-state index in [9.17, 15) is 0 Å². The summed E-state index contributed by atoms with van der Waals surface area (Å²) >= 11 is 3.30. The summed E-state index contributed by atoms with van der Waals surface area (Å²) in [6, 6.07) is 3.79. The Morgan fingerprint density at radius 2 is 1.79 bits per heavy atom. The summed E-state index contributed by atoms with van der Waals surface area (Å²) in [4.78, 5) is -0.244. The van der Waals surface area contributed by atoms with Crippen LogP contribution in [0.1, 0.15) is 16.1 Å². The van der Waals surface area contributed by atoms with Crippen molar-refractivity contribution in [3.63, 3.8) is 0 Å². The minimum absolute atomic E-state index is 0.244. The second-order valence-electron chi connectivity index (χ2n) is 2.97. The lowest BCUT2D eigenvalue weighted by molar-refractivity contribution is 0.396. The van der Waals surface area contributed by atoms with Crippen LogP contribution in [-0.2, 0) is 0 Å². The van der Waals surface area contributed by atoms with Gasteiger partial charge in [-0.3, -0.25) is 0 Å². The first kappa shape index (κ1) is 11.3. The monoisotopic (exact) mass is 259 g/mol. The molecular formula is C10H14BrNO2. The van der Waals surface area contributed by atoms with Gasteiger partial charge in [-0.25, -0.2) is 0 Å². The Balaban J connectivity index is 3.25. The van der Waals surface area contributed by atoms with E-state index in [0.717, 1.165) is 22.6 Å². The molecule has 0 bridgehead atoms. The Kier molecular flexibility index (Phi) is 3.77. The Morgan fingerprint density at radius 1 is 1.21 bits per heavy atom. The predicted molar refractivity (Wildman–Crippen MR) is 60.1 cm³/mol. The van der Waals surface area contributed by atoms with Gasteiger partial charge in [-0.15, -0.1) is 0 Å². The first-order valence-electron chi connectivity index (χ1n) is 4.22. The minimum atomic E-state index is -0.244. The highest BCUT2D eigenvalue weighted by Crippen LogP contribution is 2.33. The van der Waals surface area contributed by atoms with E-state index in [2.05, 4.69) is 15.9 Å². The molecule has 0 saturated heterocycles. The molecule has 1 aromatic carbocycles. The number of hydrogen-bond acceptors (Lipinski definition) is 3. The number of benzene rings is 1. The summed E-state index contributed by atoms with van der Waals surface area (Å²) < 4.78 is 10.4. The second-order valence-corrected chi connectivity index (χ2v) is 3.95. The number of aryl methyl sites for hydroxylation is 1. The summed E-state index contributed by atoms with van der Waals surface area (Å²) in [6.07, 6.45) is 0. The lowest BCUT2D eigenvalue weighted by Crippen LogP contribution is -2.05. The average molecular weight is 260 g/mol. The van der Waals surface area contributed by atoms with Crippen molar-refractivity contribution in [2.75, 3.05) is 14.2 Å². The molecule has 3 nitrogen and oxygen atoms in total. The van der Waals surface area contributed by atoms with Crippen LogP contribution in [0, 0.1) is 6.92 Å². The zero-order valence-corrected chi connectivity index (χ0v) is 10.1. The topological polar surface area (TPSA) is 44.5 Å². The van der Waals surface area contributed by atoms with Gasteiger partial charge in [0.25, 0.3) is 0 Å². The molecule has 0 spiro atoms. The van der Waals surface area contributed by atoms with Crippen LogP contribution in [0.25, 0.3) is 0 Å². The van der Waals surface area contributed by atoms with Crippen LogP contribution < -0.4 is 15.2 Å². The molecule has 1 atom stereocenters. The third-order valence-corrected chi connectivity index (χ3v) is 2.54. The fourth-order valence-electron chi connectivity index (χ4n) is 1.29. The summed E-state index contributed by atoms with van der Waals surface area (Å²) in [5.41, 5.74) is 7.66. The number of ether oxygens (including phenoxy) is 2. The van der Waals surface area contributed by atoms with E-state index in [1.807, 2.05) is 19.1 Å². The molecule has 4 heteroatoms. The first-order valence-corrected chi connectivity index (χ1v) is 5.14. The van der Waals surface area contributed by atoms with E-state index in [-0.39, 0.29) is 4.95 Å². The molecule has 1 aromatic rings. The largest absolute Gasteiger partial charge is 0.496 e. The van der Waals surface area contributed by atoms with Gasteiger partial charge in [-0.2, -0.15) is 0 Å². The Hall–Kier alpha value is -0.740. The molecule has 0 aliphatic heterocycles. The molecular weight excluding hydrogens is 246 g/mol. The zero-order chi connectivity index (χ0) is 10.7. The molecule has 0 aliphatic rings. The normalized spacial score (nSPS) is 12.4. The van der Waals surface area contributed by atoms with Crippen LogP contribution in [0.5, 0.6) is 11.5 Å². The van der Waals surface area contributed by atoms with E-state index in [4.69, 9.17) is 15.2 Å². The van der Waals surface area contributed by atoms with Crippen molar-refractivity contribution in [1.82, 2.24) is 0 Å². The zero-order valence-electron chi connectivity index (χ0n) is 8.50. The van der Waals surface area contributed by atoms with Gasteiger partial charge in [0, 0.05) is 5.56 Å². The van der Waals surface area contributed by atoms with E-state index in [1.54, 1.807) is 14.2 Å². The number of methoxy groups -OCH3 is 2. The molecule has 0 saturated carbocycles. The van der Waals surface area contributed by atoms with Crippen LogP contribution in [-0.4, -0.2) is 14.2 Å². The molecule has 0 aromatic heterocycles. The van der Waals surface area contributed by atoms with Crippen molar-refractivity contribution in [2.45, 2.75) is 11.9 Å². The Bertz CT molecular complexity index is 326. The lowest BCUT2D eigenvalue weighted by atomic mass is 10.1. The van der Waals surface area contributed by atoms with Crippen molar-refractivity contribution in [2.24, 2.45) is 5.73 Å².